The van der Waals surface area contributed by atoms with E-state index >= 15 is 0 Å². The van der Waals surface area contributed by atoms with E-state index in [4.69, 9.17) is 25.8 Å². The highest BCUT2D eigenvalue weighted by Crippen LogP contribution is 2.38. The number of carbonyl (C=O) groups is 2. The number of alkyl halides is 3. The van der Waals surface area contributed by atoms with Crippen LogP contribution < -0.4 is 19.1 Å². The van der Waals surface area contributed by atoms with Gasteiger partial charge in [0.2, 0.25) is 5.91 Å². The normalized spacial score (nSPS) is 11.5. The van der Waals surface area contributed by atoms with Gasteiger partial charge in [0.25, 0.3) is 10.0 Å². The van der Waals surface area contributed by atoms with Crippen LogP contribution >= 0.6 is 11.6 Å². The summed E-state index contributed by atoms with van der Waals surface area (Å²) in [4.78, 5) is 25.2. The molecule has 1 N–H and O–H groups in total. The number of halogens is 4. The first-order chi connectivity index (χ1) is 18.3. The molecule has 0 aliphatic carbocycles. The number of hydrogen-bond donors (Lipinski definition) is 1. The summed E-state index contributed by atoms with van der Waals surface area (Å²) >= 11 is 6.14. The van der Waals surface area contributed by atoms with Gasteiger partial charge in [0.1, 0.15) is 6.54 Å². The molecule has 0 unspecified atom stereocenters. The summed E-state index contributed by atoms with van der Waals surface area (Å²) in [7, 11) is -0.859. The fourth-order valence-corrected chi connectivity index (χ4v) is 5.20. The maximum absolute atomic E-state index is 13.5. The number of nitrogens with zero attached hydrogens (tertiary/aromatic N) is 1. The van der Waals surface area contributed by atoms with Crippen LogP contribution in [0.1, 0.15) is 15.9 Å². The molecule has 0 saturated carbocycles. The van der Waals surface area contributed by atoms with Crippen LogP contribution in [-0.4, -0.2) is 48.2 Å². The second-order valence-electron chi connectivity index (χ2n) is 7.78. The molecule has 9 nitrogen and oxygen atoms in total. The Morgan fingerprint density at radius 2 is 1.56 bits per heavy atom. The van der Waals surface area contributed by atoms with Gasteiger partial charge >= 0.3 is 12.1 Å². The highest BCUT2D eigenvalue weighted by molar-refractivity contribution is 7.92. The third kappa shape index (κ3) is 6.55. The fourth-order valence-electron chi connectivity index (χ4n) is 3.48. The Bertz CT molecular complexity index is 1480. The maximum atomic E-state index is 13.5. The number of carbonyl (C=O) groups excluding carboxylic acids is 2. The van der Waals surface area contributed by atoms with Gasteiger partial charge in [0.05, 0.1) is 53.7 Å². The molecule has 0 aromatic heterocycles. The second-order valence-corrected chi connectivity index (χ2v) is 10.1. The van der Waals surface area contributed by atoms with Crippen molar-refractivity contribution in [3.8, 4) is 11.5 Å². The minimum absolute atomic E-state index is 0.120. The van der Waals surface area contributed by atoms with Crippen molar-refractivity contribution in [3.05, 3.63) is 76.8 Å². The molecule has 1 amide bonds. The summed E-state index contributed by atoms with van der Waals surface area (Å²) in [5.74, 6) is -1.61. The Hall–Kier alpha value is -3.97. The zero-order valence-electron chi connectivity index (χ0n) is 20.7. The van der Waals surface area contributed by atoms with E-state index in [1.807, 2.05) is 0 Å². The first kappa shape index (κ1) is 29.6. The number of nitrogens with one attached hydrogen (secondary N) is 1. The van der Waals surface area contributed by atoms with Crippen molar-refractivity contribution in [2.24, 2.45) is 0 Å². The largest absolute Gasteiger partial charge is 0.493 e. The standard InChI is InChI=1S/C25H22ClF3N2O7S/c1-36-21-12-17(24(33)38-3)19(13-22(21)37-2)30-23(32)14-31(39(34,35)16-7-5-4-6-8-16)20-11-15(25(27,28)29)9-10-18(20)26/h4-13H,14H2,1-3H3,(H,30,32). The van der Waals surface area contributed by atoms with Crippen molar-refractivity contribution in [1.29, 1.82) is 0 Å². The molecule has 0 bridgehead atoms. The van der Waals surface area contributed by atoms with Crippen molar-refractivity contribution in [2.45, 2.75) is 11.1 Å². The first-order valence-electron chi connectivity index (χ1n) is 10.9. The Labute approximate surface area is 227 Å². The molecular formula is C25H22ClF3N2O7S. The third-order valence-electron chi connectivity index (χ3n) is 5.36. The predicted molar refractivity (Wildman–Crippen MR) is 137 cm³/mol. The van der Waals surface area contributed by atoms with Crippen LogP contribution in [0.5, 0.6) is 11.5 Å². The van der Waals surface area contributed by atoms with Crippen molar-refractivity contribution in [1.82, 2.24) is 0 Å². The number of anilines is 2. The minimum atomic E-state index is -4.82. The van der Waals surface area contributed by atoms with E-state index in [9.17, 15) is 31.2 Å². The molecule has 0 fully saturated rings. The van der Waals surface area contributed by atoms with Crippen LogP contribution in [0.3, 0.4) is 0 Å². The first-order valence-corrected chi connectivity index (χ1v) is 12.7. The van der Waals surface area contributed by atoms with Gasteiger partial charge in [-0.05, 0) is 30.3 Å². The number of methoxy groups -OCH3 is 3. The number of esters is 1. The van der Waals surface area contributed by atoms with Gasteiger partial charge in [-0.2, -0.15) is 13.2 Å². The number of ether oxygens (including phenoxy) is 3. The molecule has 208 valence electrons. The van der Waals surface area contributed by atoms with Gasteiger partial charge in [-0.25, -0.2) is 13.2 Å². The molecule has 0 heterocycles. The molecule has 14 heteroatoms. The highest BCUT2D eigenvalue weighted by atomic mass is 35.5. The molecule has 3 rings (SSSR count). The molecule has 0 aliphatic rings. The lowest BCUT2D eigenvalue weighted by atomic mass is 10.1. The zero-order chi connectivity index (χ0) is 29.0. The van der Waals surface area contributed by atoms with Gasteiger partial charge in [-0.15, -0.1) is 0 Å². The quantitative estimate of drug-likeness (QED) is 0.351. The molecule has 0 radical (unpaired) electrons. The summed E-state index contributed by atoms with van der Waals surface area (Å²) in [6, 6.07) is 11.4. The SMILES string of the molecule is COC(=O)c1cc(OC)c(OC)cc1NC(=O)CN(c1cc(C(F)(F)F)ccc1Cl)S(=O)(=O)c1ccccc1. The monoisotopic (exact) mass is 586 g/mol. The van der Waals surface area contributed by atoms with Crippen molar-refractivity contribution < 1.29 is 45.4 Å². The summed E-state index contributed by atoms with van der Waals surface area (Å²) in [5, 5.41) is 2.04. The summed E-state index contributed by atoms with van der Waals surface area (Å²) < 4.78 is 83.0. The lowest BCUT2D eigenvalue weighted by molar-refractivity contribution is -0.137. The summed E-state index contributed by atoms with van der Waals surface area (Å²) in [6.45, 7) is -1.01. The maximum Gasteiger partial charge on any atom is 0.416 e. The fraction of sp³-hybridized carbons (Fsp3) is 0.200. The van der Waals surface area contributed by atoms with E-state index in [1.165, 1.54) is 50.6 Å². The lowest BCUT2D eigenvalue weighted by Gasteiger charge is -2.26. The minimum Gasteiger partial charge on any atom is -0.493 e. The Morgan fingerprint density at radius 1 is 0.949 bits per heavy atom. The van der Waals surface area contributed by atoms with Gasteiger partial charge in [0, 0.05) is 12.1 Å². The van der Waals surface area contributed by atoms with Gasteiger partial charge in [-0.3, -0.25) is 9.10 Å². The average Bonchev–Trinajstić information content (AvgIpc) is 2.91. The van der Waals surface area contributed by atoms with Gasteiger partial charge in [0.15, 0.2) is 11.5 Å². The van der Waals surface area contributed by atoms with Crippen LogP contribution in [0.4, 0.5) is 24.5 Å². The van der Waals surface area contributed by atoms with Crippen LogP contribution in [0.15, 0.2) is 65.6 Å². The highest BCUT2D eigenvalue weighted by Gasteiger charge is 2.34. The Balaban J connectivity index is 2.11. The van der Waals surface area contributed by atoms with Crippen LogP contribution in [-0.2, 0) is 25.7 Å². The van der Waals surface area contributed by atoms with E-state index in [0.29, 0.717) is 16.4 Å². The summed E-state index contributed by atoms with van der Waals surface area (Å²) in [6.07, 6.45) is -4.82. The van der Waals surface area contributed by atoms with Crippen molar-refractivity contribution in [2.75, 3.05) is 37.5 Å². The number of sulfonamides is 1. The molecule has 0 aliphatic heterocycles. The number of hydrogen-bond acceptors (Lipinski definition) is 7. The van der Waals surface area contributed by atoms with E-state index < -0.39 is 45.9 Å². The van der Waals surface area contributed by atoms with Crippen LogP contribution in [0, 0.1) is 0 Å². The molecule has 39 heavy (non-hydrogen) atoms. The third-order valence-corrected chi connectivity index (χ3v) is 7.46. The van der Waals surface area contributed by atoms with Crippen LogP contribution in [0.25, 0.3) is 0 Å². The number of amides is 1. The molecule has 0 atom stereocenters. The molecule has 0 saturated heterocycles. The van der Waals surface area contributed by atoms with E-state index in [2.05, 4.69) is 5.32 Å². The van der Waals surface area contributed by atoms with Crippen molar-refractivity contribution in [3.63, 3.8) is 0 Å². The molecule has 0 spiro atoms. The smallest absolute Gasteiger partial charge is 0.416 e. The summed E-state index contributed by atoms with van der Waals surface area (Å²) in [5.41, 5.74) is -2.04. The van der Waals surface area contributed by atoms with Crippen LogP contribution in [0.2, 0.25) is 5.02 Å². The van der Waals surface area contributed by atoms with E-state index in [0.717, 1.165) is 13.2 Å². The van der Waals surface area contributed by atoms with E-state index in [-0.39, 0.29) is 32.7 Å². The topological polar surface area (TPSA) is 111 Å². The second kappa shape index (κ2) is 11.8. The average molecular weight is 587 g/mol. The number of rotatable bonds is 9. The van der Waals surface area contributed by atoms with Crippen molar-refractivity contribution >= 4 is 44.9 Å². The Kier molecular flexibility index (Phi) is 8.97. The van der Waals surface area contributed by atoms with Gasteiger partial charge in [-0.1, -0.05) is 29.8 Å². The predicted octanol–water partition coefficient (Wildman–Crippen LogP) is 5.00. The number of benzene rings is 3. The Morgan fingerprint density at radius 3 is 2.13 bits per heavy atom. The lowest BCUT2D eigenvalue weighted by Crippen LogP contribution is -2.38. The molecular weight excluding hydrogens is 565 g/mol. The molecule has 3 aromatic carbocycles. The van der Waals surface area contributed by atoms with E-state index in [1.54, 1.807) is 6.07 Å². The zero-order valence-corrected chi connectivity index (χ0v) is 22.3. The van der Waals surface area contributed by atoms with Gasteiger partial charge < -0.3 is 19.5 Å². The molecule has 3 aromatic rings.